The number of benzene rings is 1. The summed E-state index contributed by atoms with van der Waals surface area (Å²) >= 11 is 3.40. The first-order valence-electron chi connectivity index (χ1n) is 6.59. The molecule has 0 atom stereocenters. The monoisotopic (exact) mass is 352 g/mol. The molecule has 0 bridgehead atoms. The zero-order chi connectivity index (χ0) is 15.7. The molecule has 0 saturated heterocycles. The summed E-state index contributed by atoms with van der Waals surface area (Å²) in [5.74, 6) is -0.625. The topological polar surface area (TPSA) is 76.5 Å². The van der Waals surface area contributed by atoms with Crippen molar-refractivity contribution in [3.05, 3.63) is 34.0 Å². The minimum absolute atomic E-state index is 0.128. The predicted octanol–water partition coefficient (Wildman–Crippen LogP) is 2.84. The number of carbonyl (C=O) groups excluding carboxylic acids is 2. The Hall–Kier alpha value is -1.82. The highest BCUT2D eigenvalue weighted by Gasteiger charge is 2.26. The highest BCUT2D eigenvalue weighted by Crippen LogP contribution is 2.29. The average molecular weight is 353 g/mol. The molecule has 0 saturated carbocycles. The Labute approximate surface area is 131 Å². The third-order valence-electron chi connectivity index (χ3n) is 3.30. The van der Waals surface area contributed by atoms with Crippen LogP contribution in [0.15, 0.2) is 27.1 Å². The molecule has 21 heavy (non-hydrogen) atoms. The van der Waals surface area contributed by atoms with E-state index in [9.17, 15) is 9.59 Å². The van der Waals surface area contributed by atoms with Crippen LogP contribution in [0.3, 0.4) is 0 Å². The minimum atomic E-state index is -0.548. The van der Waals surface area contributed by atoms with Gasteiger partial charge in [0.05, 0.1) is 6.54 Å². The Kier molecular flexibility index (Phi) is 4.37. The molecule has 2 N–H and O–H groups in total. The van der Waals surface area contributed by atoms with Crippen LogP contribution in [-0.2, 0) is 4.79 Å². The largest absolute Gasteiger partial charge is 0.451 e. The number of nitrogens with two attached hydrogens (primary N) is 1. The number of halogens is 1. The number of hydrogen-bond acceptors (Lipinski definition) is 3. The van der Waals surface area contributed by atoms with Crippen molar-refractivity contribution in [1.29, 1.82) is 0 Å². The fourth-order valence-electron chi connectivity index (χ4n) is 2.18. The van der Waals surface area contributed by atoms with Gasteiger partial charge in [-0.25, -0.2) is 0 Å². The van der Waals surface area contributed by atoms with Crippen molar-refractivity contribution in [3.8, 4) is 0 Å². The Morgan fingerprint density at radius 1 is 1.38 bits per heavy atom. The lowest BCUT2D eigenvalue weighted by Gasteiger charge is -2.24. The lowest BCUT2D eigenvalue weighted by Crippen LogP contribution is -2.42. The summed E-state index contributed by atoms with van der Waals surface area (Å²) in [6.07, 6.45) is 0. The van der Waals surface area contributed by atoms with Gasteiger partial charge in [-0.15, -0.1) is 0 Å². The Bertz CT molecular complexity index is 706. The summed E-state index contributed by atoms with van der Waals surface area (Å²) in [7, 11) is 0. The lowest BCUT2D eigenvalue weighted by molar-refractivity contribution is -0.119. The number of nitrogens with zero attached hydrogens (tertiary/aromatic N) is 1. The second-order valence-electron chi connectivity index (χ2n) is 5.19. The minimum Gasteiger partial charge on any atom is -0.451 e. The second-order valence-corrected chi connectivity index (χ2v) is 6.11. The van der Waals surface area contributed by atoms with Gasteiger partial charge in [0, 0.05) is 21.5 Å². The maximum Gasteiger partial charge on any atom is 0.290 e. The smallest absolute Gasteiger partial charge is 0.290 e. The van der Waals surface area contributed by atoms with Gasteiger partial charge in [-0.05, 0) is 39.0 Å². The third-order valence-corrected chi connectivity index (χ3v) is 3.80. The van der Waals surface area contributed by atoms with Crippen LogP contribution in [0.4, 0.5) is 0 Å². The molecule has 2 amide bonds. The normalized spacial score (nSPS) is 11.1. The number of furan rings is 1. The van der Waals surface area contributed by atoms with Gasteiger partial charge in [0.1, 0.15) is 5.58 Å². The number of carbonyl (C=O) groups is 2. The molecular weight excluding hydrogens is 336 g/mol. The number of primary amides is 1. The number of rotatable bonds is 4. The summed E-state index contributed by atoms with van der Waals surface area (Å²) in [6.45, 7) is 5.36. The number of amides is 2. The molecule has 0 fully saturated rings. The molecule has 0 aliphatic rings. The van der Waals surface area contributed by atoms with Crippen LogP contribution in [0.2, 0.25) is 0 Å². The van der Waals surface area contributed by atoms with Crippen LogP contribution in [0.1, 0.15) is 30.0 Å². The highest BCUT2D eigenvalue weighted by atomic mass is 79.9. The molecule has 5 nitrogen and oxygen atoms in total. The predicted molar refractivity (Wildman–Crippen MR) is 84.0 cm³/mol. The SMILES string of the molecule is Cc1c(C(=O)N(CC(N)=O)C(C)C)oc2ccc(Br)cc12. The van der Waals surface area contributed by atoms with Gasteiger partial charge in [0.25, 0.3) is 5.91 Å². The second kappa shape index (κ2) is 5.89. The summed E-state index contributed by atoms with van der Waals surface area (Å²) in [5.41, 5.74) is 6.61. The van der Waals surface area contributed by atoms with Gasteiger partial charge in [0.15, 0.2) is 5.76 Å². The van der Waals surface area contributed by atoms with Gasteiger partial charge in [-0.2, -0.15) is 0 Å². The third kappa shape index (κ3) is 3.10. The summed E-state index contributed by atoms with van der Waals surface area (Å²) in [5, 5.41) is 0.871. The molecule has 0 spiro atoms. The van der Waals surface area contributed by atoms with E-state index in [0.29, 0.717) is 5.58 Å². The van der Waals surface area contributed by atoms with Gasteiger partial charge < -0.3 is 15.1 Å². The molecule has 0 radical (unpaired) electrons. The van der Waals surface area contributed by atoms with Gasteiger partial charge in [0.2, 0.25) is 5.91 Å². The van der Waals surface area contributed by atoms with Crippen molar-refractivity contribution in [1.82, 2.24) is 4.90 Å². The molecule has 0 unspecified atom stereocenters. The molecule has 2 rings (SSSR count). The van der Waals surface area contributed by atoms with Crippen molar-refractivity contribution in [2.24, 2.45) is 5.73 Å². The van der Waals surface area contributed by atoms with Crippen LogP contribution in [-0.4, -0.2) is 29.3 Å². The molecular formula is C15H17BrN2O3. The van der Waals surface area contributed by atoms with Crippen LogP contribution in [0, 0.1) is 6.92 Å². The zero-order valence-electron chi connectivity index (χ0n) is 12.1. The highest BCUT2D eigenvalue weighted by molar-refractivity contribution is 9.10. The van der Waals surface area contributed by atoms with Crippen molar-refractivity contribution in [2.45, 2.75) is 26.8 Å². The molecule has 2 aromatic rings. The van der Waals surface area contributed by atoms with E-state index < -0.39 is 5.91 Å². The molecule has 1 heterocycles. The van der Waals surface area contributed by atoms with Crippen LogP contribution in [0.25, 0.3) is 11.0 Å². The maximum absolute atomic E-state index is 12.6. The van der Waals surface area contributed by atoms with E-state index in [1.807, 2.05) is 32.9 Å². The average Bonchev–Trinajstić information content (AvgIpc) is 2.72. The zero-order valence-corrected chi connectivity index (χ0v) is 13.7. The van der Waals surface area contributed by atoms with E-state index in [2.05, 4.69) is 15.9 Å². The van der Waals surface area contributed by atoms with Gasteiger partial charge in [-0.3, -0.25) is 9.59 Å². The number of fused-ring (bicyclic) bond motifs is 1. The van der Waals surface area contributed by atoms with E-state index in [1.54, 1.807) is 6.07 Å². The molecule has 0 aliphatic heterocycles. The molecule has 1 aromatic heterocycles. The van der Waals surface area contributed by atoms with Crippen molar-refractivity contribution in [3.63, 3.8) is 0 Å². The first kappa shape index (κ1) is 15.6. The fraction of sp³-hybridized carbons (Fsp3) is 0.333. The summed E-state index contributed by atoms with van der Waals surface area (Å²) in [6, 6.07) is 5.41. The maximum atomic E-state index is 12.6. The fourth-order valence-corrected chi connectivity index (χ4v) is 2.55. The van der Waals surface area contributed by atoms with Crippen LogP contribution < -0.4 is 5.73 Å². The molecule has 6 heteroatoms. The Morgan fingerprint density at radius 3 is 2.62 bits per heavy atom. The lowest BCUT2D eigenvalue weighted by atomic mass is 10.1. The summed E-state index contributed by atoms with van der Waals surface area (Å²) < 4.78 is 6.58. The van der Waals surface area contributed by atoms with Gasteiger partial charge >= 0.3 is 0 Å². The molecule has 112 valence electrons. The summed E-state index contributed by atoms with van der Waals surface area (Å²) in [4.78, 5) is 25.2. The van der Waals surface area contributed by atoms with Crippen molar-refractivity contribution >= 4 is 38.7 Å². The van der Waals surface area contributed by atoms with E-state index in [1.165, 1.54) is 4.90 Å². The standard InChI is InChI=1S/C15H17BrN2O3/c1-8(2)18(7-13(17)19)15(20)14-9(3)11-6-10(16)4-5-12(11)21-14/h4-6,8H,7H2,1-3H3,(H2,17,19). The van der Waals surface area contributed by atoms with Crippen molar-refractivity contribution in [2.75, 3.05) is 6.54 Å². The van der Waals surface area contributed by atoms with Crippen LogP contribution >= 0.6 is 15.9 Å². The molecule has 1 aromatic carbocycles. The number of hydrogen-bond donors (Lipinski definition) is 1. The molecule has 0 aliphatic carbocycles. The Morgan fingerprint density at radius 2 is 2.05 bits per heavy atom. The van der Waals surface area contributed by atoms with E-state index in [-0.39, 0.29) is 24.3 Å². The Balaban J connectivity index is 2.47. The van der Waals surface area contributed by atoms with E-state index in [0.717, 1.165) is 15.4 Å². The van der Waals surface area contributed by atoms with E-state index in [4.69, 9.17) is 10.2 Å². The first-order chi connectivity index (χ1) is 9.81. The van der Waals surface area contributed by atoms with Crippen LogP contribution in [0.5, 0.6) is 0 Å². The number of aryl methyl sites for hydroxylation is 1. The van der Waals surface area contributed by atoms with Crippen molar-refractivity contribution < 1.29 is 14.0 Å². The first-order valence-corrected chi connectivity index (χ1v) is 7.38. The van der Waals surface area contributed by atoms with Gasteiger partial charge in [-0.1, -0.05) is 15.9 Å². The van der Waals surface area contributed by atoms with E-state index >= 15 is 0 Å². The quantitative estimate of drug-likeness (QED) is 0.918.